The molecule has 6 nitrogen and oxygen atoms in total. The molecule has 126 valence electrons. The summed E-state index contributed by atoms with van der Waals surface area (Å²) >= 11 is 0. The Balaban J connectivity index is 1.39. The van der Waals surface area contributed by atoms with Gasteiger partial charge in [-0.1, -0.05) is 6.92 Å². The Bertz CT molecular complexity index is 396. The number of nitrogens with one attached hydrogen (secondary N) is 1. The van der Waals surface area contributed by atoms with Crippen molar-refractivity contribution in [3.05, 3.63) is 0 Å². The van der Waals surface area contributed by atoms with Crippen LogP contribution in [0.4, 0.5) is 0 Å². The fourth-order valence-corrected chi connectivity index (χ4v) is 3.89. The zero-order valence-electron chi connectivity index (χ0n) is 13.7. The molecule has 1 saturated carbocycles. The summed E-state index contributed by atoms with van der Waals surface area (Å²) in [5.41, 5.74) is 5.99. The predicted octanol–water partition coefficient (Wildman–Crippen LogP) is 1.06. The van der Waals surface area contributed by atoms with Gasteiger partial charge in [-0.3, -0.25) is 9.89 Å². The molecular weight excluding hydrogens is 280 g/mol. The number of likely N-dealkylation sites (tertiary alicyclic amines) is 1. The number of ether oxygens (including phenoxy) is 2. The lowest BCUT2D eigenvalue weighted by Gasteiger charge is -2.22. The van der Waals surface area contributed by atoms with Crippen molar-refractivity contribution < 1.29 is 9.47 Å². The van der Waals surface area contributed by atoms with Gasteiger partial charge in [0.05, 0.1) is 13.2 Å². The molecule has 22 heavy (non-hydrogen) atoms. The summed E-state index contributed by atoms with van der Waals surface area (Å²) in [5.74, 6) is 0.239. The van der Waals surface area contributed by atoms with Gasteiger partial charge in [-0.25, -0.2) is 0 Å². The molecule has 0 amide bonds. The van der Waals surface area contributed by atoms with Crippen molar-refractivity contribution in [1.29, 1.82) is 0 Å². The van der Waals surface area contributed by atoms with Gasteiger partial charge in [0.1, 0.15) is 6.10 Å². The number of aliphatic imine (C=N–C) groups is 1. The van der Waals surface area contributed by atoms with E-state index in [0.717, 1.165) is 25.9 Å². The predicted molar refractivity (Wildman–Crippen MR) is 86.8 cm³/mol. The first-order chi connectivity index (χ1) is 10.7. The highest BCUT2D eigenvalue weighted by Gasteiger charge is 2.43. The van der Waals surface area contributed by atoms with Gasteiger partial charge >= 0.3 is 0 Å². The Kier molecular flexibility index (Phi) is 5.21. The number of nitrogens with zero attached hydrogens (tertiary/aromatic N) is 2. The first kappa shape index (κ1) is 16.0. The van der Waals surface area contributed by atoms with Crippen LogP contribution in [0.1, 0.15) is 45.4 Å². The molecule has 3 aliphatic rings. The second-order valence-corrected chi connectivity index (χ2v) is 6.70. The molecule has 2 atom stereocenters. The van der Waals surface area contributed by atoms with E-state index in [0.29, 0.717) is 25.2 Å². The Hall–Kier alpha value is -0.850. The van der Waals surface area contributed by atoms with E-state index in [4.69, 9.17) is 15.2 Å². The van der Waals surface area contributed by atoms with Crippen LogP contribution in [-0.4, -0.2) is 61.6 Å². The zero-order chi connectivity index (χ0) is 15.4. The second-order valence-electron chi connectivity index (χ2n) is 6.70. The molecule has 2 heterocycles. The summed E-state index contributed by atoms with van der Waals surface area (Å²) in [5, 5.41) is 3.19. The number of likely N-dealkylation sites (N-methyl/N-ethyl adjacent to an activating group) is 1. The summed E-state index contributed by atoms with van der Waals surface area (Å²) < 4.78 is 11.9. The van der Waals surface area contributed by atoms with Crippen molar-refractivity contribution in [3.63, 3.8) is 0 Å². The Labute approximate surface area is 133 Å². The summed E-state index contributed by atoms with van der Waals surface area (Å²) in [6, 6.07) is 0.554. The van der Waals surface area contributed by atoms with Gasteiger partial charge in [-0.2, -0.15) is 0 Å². The summed E-state index contributed by atoms with van der Waals surface area (Å²) in [7, 11) is 0. The fraction of sp³-hybridized carbons (Fsp3) is 0.938. The molecule has 3 fully saturated rings. The highest BCUT2D eigenvalue weighted by atomic mass is 16.7. The molecule has 0 aromatic heterocycles. The number of nitrogens with two attached hydrogens (primary N) is 1. The van der Waals surface area contributed by atoms with Gasteiger partial charge in [-0.05, 0) is 38.8 Å². The van der Waals surface area contributed by atoms with Crippen molar-refractivity contribution in [2.45, 2.75) is 63.4 Å². The zero-order valence-corrected chi connectivity index (χ0v) is 13.7. The molecule has 0 bridgehead atoms. The lowest BCUT2D eigenvalue weighted by molar-refractivity contribution is -0.160. The molecule has 0 aromatic carbocycles. The number of hydrogen-bond donors (Lipinski definition) is 2. The van der Waals surface area contributed by atoms with Crippen molar-refractivity contribution in [2.75, 3.05) is 32.8 Å². The average Bonchev–Trinajstić information content (AvgIpc) is 3.25. The molecule has 6 heteroatoms. The summed E-state index contributed by atoms with van der Waals surface area (Å²) in [4.78, 5) is 6.98. The van der Waals surface area contributed by atoms with E-state index in [1.54, 1.807) is 0 Å². The molecule has 1 aliphatic carbocycles. The quantitative estimate of drug-likeness (QED) is 0.587. The van der Waals surface area contributed by atoms with Gasteiger partial charge in [0.15, 0.2) is 11.7 Å². The van der Waals surface area contributed by atoms with Gasteiger partial charge in [0, 0.05) is 25.4 Å². The van der Waals surface area contributed by atoms with Crippen LogP contribution in [0.5, 0.6) is 0 Å². The van der Waals surface area contributed by atoms with Crippen LogP contribution in [0.2, 0.25) is 0 Å². The molecule has 2 aliphatic heterocycles. The van der Waals surface area contributed by atoms with Gasteiger partial charge < -0.3 is 20.5 Å². The highest BCUT2D eigenvalue weighted by Crippen LogP contribution is 2.38. The van der Waals surface area contributed by atoms with Crippen LogP contribution in [0.3, 0.4) is 0 Å². The van der Waals surface area contributed by atoms with Crippen LogP contribution in [-0.2, 0) is 9.47 Å². The van der Waals surface area contributed by atoms with Crippen LogP contribution in [0.25, 0.3) is 0 Å². The van der Waals surface area contributed by atoms with Crippen LogP contribution in [0.15, 0.2) is 4.99 Å². The van der Waals surface area contributed by atoms with E-state index in [-0.39, 0.29) is 11.9 Å². The normalized spacial score (nSPS) is 32.1. The lowest BCUT2D eigenvalue weighted by Crippen LogP contribution is -2.40. The van der Waals surface area contributed by atoms with Crippen molar-refractivity contribution >= 4 is 5.96 Å². The molecular formula is C16H30N4O2. The molecule has 2 unspecified atom stereocenters. The molecule has 3 rings (SSSR count). The number of guanidine groups is 1. The largest absolute Gasteiger partial charge is 0.370 e. The maximum atomic E-state index is 6.07. The number of rotatable bonds is 5. The van der Waals surface area contributed by atoms with E-state index in [9.17, 15) is 0 Å². The average molecular weight is 310 g/mol. The maximum absolute atomic E-state index is 6.07. The standard InChI is InChI=1S/C16H30N4O2/c1-2-20-9-5-6-13(20)10-18-15(17)19-11-14-12-21-16(22-14)7-3-4-8-16/h13-14H,2-12H2,1H3,(H3,17,18,19). The maximum Gasteiger partial charge on any atom is 0.188 e. The number of hydrogen-bond acceptors (Lipinski definition) is 4. The first-order valence-electron chi connectivity index (χ1n) is 8.80. The second kappa shape index (κ2) is 7.15. The Morgan fingerprint density at radius 1 is 1.36 bits per heavy atom. The third-order valence-electron chi connectivity index (χ3n) is 5.17. The van der Waals surface area contributed by atoms with Crippen LogP contribution in [0, 0.1) is 0 Å². The monoisotopic (exact) mass is 310 g/mol. The lowest BCUT2D eigenvalue weighted by atomic mass is 10.2. The molecule has 1 spiro atoms. The van der Waals surface area contributed by atoms with Crippen molar-refractivity contribution in [3.8, 4) is 0 Å². The highest BCUT2D eigenvalue weighted by molar-refractivity contribution is 5.77. The van der Waals surface area contributed by atoms with Crippen molar-refractivity contribution in [2.24, 2.45) is 10.7 Å². The van der Waals surface area contributed by atoms with E-state index >= 15 is 0 Å². The smallest absolute Gasteiger partial charge is 0.188 e. The van der Waals surface area contributed by atoms with E-state index in [2.05, 4.69) is 22.1 Å². The topological polar surface area (TPSA) is 72.1 Å². The minimum absolute atomic E-state index is 0.0884. The third kappa shape index (κ3) is 3.73. The fourth-order valence-electron chi connectivity index (χ4n) is 3.89. The Morgan fingerprint density at radius 3 is 2.95 bits per heavy atom. The van der Waals surface area contributed by atoms with Crippen LogP contribution >= 0.6 is 0 Å². The molecule has 2 saturated heterocycles. The van der Waals surface area contributed by atoms with E-state index < -0.39 is 0 Å². The van der Waals surface area contributed by atoms with Gasteiger partial charge in [0.2, 0.25) is 0 Å². The van der Waals surface area contributed by atoms with Gasteiger partial charge in [-0.15, -0.1) is 0 Å². The summed E-state index contributed by atoms with van der Waals surface area (Å²) in [6.07, 6.45) is 7.07. The molecule has 0 radical (unpaired) electrons. The van der Waals surface area contributed by atoms with Crippen LogP contribution < -0.4 is 11.1 Å². The summed E-state index contributed by atoms with van der Waals surface area (Å²) in [6.45, 7) is 6.63. The molecule has 3 N–H and O–H groups in total. The van der Waals surface area contributed by atoms with Crippen molar-refractivity contribution in [1.82, 2.24) is 10.2 Å². The third-order valence-corrected chi connectivity index (χ3v) is 5.17. The Morgan fingerprint density at radius 2 is 2.18 bits per heavy atom. The SMILES string of the molecule is CCN1CCCC1CN=C(N)NCC1COC2(CCCC2)O1. The van der Waals surface area contributed by atoms with Gasteiger partial charge in [0.25, 0.3) is 0 Å². The van der Waals surface area contributed by atoms with E-state index in [1.807, 2.05) is 0 Å². The molecule has 0 aromatic rings. The van der Waals surface area contributed by atoms with E-state index in [1.165, 1.54) is 32.2 Å². The first-order valence-corrected chi connectivity index (χ1v) is 8.80. The minimum Gasteiger partial charge on any atom is -0.370 e. The minimum atomic E-state index is -0.288.